The van der Waals surface area contributed by atoms with Crippen LogP contribution in [-0.2, 0) is 21.9 Å². The molecular weight excluding hydrogens is 260 g/mol. The van der Waals surface area contributed by atoms with E-state index in [9.17, 15) is 13.2 Å². The molecule has 0 bridgehead atoms. The SMILES string of the molecule is CC(C)C[C@H](NS(=O)(=O)c1cnn(C)n1)C(=O)O. The average Bonchev–Trinajstić information content (AvgIpc) is 2.63. The van der Waals surface area contributed by atoms with Gasteiger partial charge in [-0.15, -0.1) is 5.10 Å². The van der Waals surface area contributed by atoms with Crippen LogP contribution in [0.4, 0.5) is 0 Å². The summed E-state index contributed by atoms with van der Waals surface area (Å²) in [4.78, 5) is 12.1. The molecule has 1 aromatic rings. The maximum absolute atomic E-state index is 11.9. The third-order valence-electron chi connectivity index (χ3n) is 2.16. The minimum Gasteiger partial charge on any atom is -0.480 e. The highest BCUT2D eigenvalue weighted by Gasteiger charge is 2.27. The Morgan fingerprint density at radius 2 is 2.17 bits per heavy atom. The van der Waals surface area contributed by atoms with Gasteiger partial charge in [-0.05, 0) is 12.3 Å². The van der Waals surface area contributed by atoms with Crippen molar-refractivity contribution in [2.24, 2.45) is 13.0 Å². The van der Waals surface area contributed by atoms with Gasteiger partial charge in [0.1, 0.15) is 6.04 Å². The molecule has 1 aromatic heterocycles. The molecular formula is C9H16N4O4S. The number of nitrogens with zero attached hydrogens (tertiary/aromatic N) is 3. The summed E-state index contributed by atoms with van der Waals surface area (Å²) in [7, 11) is -2.48. The fourth-order valence-electron chi connectivity index (χ4n) is 1.37. The van der Waals surface area contributed by atoms with Gasteiger partial charge in [0, 0.05) is 7.05 Å². The van der Waals surface area contributed by atoms with E-state index in [2.05, 4.69) is 14.9 Å². The largest absolute Gasteiger partial charge is 0.480 e. The Hall–Kier alpha value is -1.48. The molecule has 9 heteroatoms. The number of rotatable bonds is 6. The van der Waals surface area contributed by atoms with E-state index in [0.29, 0.717) is 0 Å². The molecule has 0 fully saturated rings. The zero-order valence-corrected chi connectivity index (χ0v) is 11.2. The van der Waals surface area contributed by atoms with Crippen LogP contribution in [0.5, 0.6) is 0 Å². The molecule has 0 aliphatic heterocycles. The minimum atomic E-state index is -3.95. The number of hydrogen-bond donors (Lipinski definition) is 2. The van der Waals surface area contributed by atoms with Crippen molar-refractivity contribution in [3.8, 4) is 0 Å². The Bertz CT molecular complexity index is 522. The summed E-state index contributed by atoms with van der Waals surface area (Å²) in [6.07, 6.45) is 1.27. The number of aromatic nitrogens is 3. The molecule has 1 atom stereocenters. The molecule has 0 saturated carbocycles. The van der Waals surface area contributed by atoms with E-state index >= 15 is 0 Å². The molecule has 1 heterocycles. The van der Waals surface area contributed by atoms with Crippen LogP contribution >= 0.6 is 0 Å². The first-order chi connectivity index (χ1) is 8.22. The Labute approximate surface area is 105 Å². The van der Waals surface area contributed by atoms with E-state index in [1.807, 2.05) is 13.8 Å². The quantitative estimate of drug-likeness (QED) is 0.730. The maximum Gasteiger partial charge on any atom is 0.321 e. The summed E-state index contributed by atoms with van der Waals surface area (Å²) < 4.78 is 25.8. The summed E-state index contributed by atoms with van der Waals surface area (Å²) in [5.74, 6) is -1.16. The van der Waals surface area contributed by atoms with Crippen LogP contribution in [0.1, 0.15) is 20.3 Å². The van der Waals surface area contributed by atoms with Gasteiger partial charge in [-0.3, -0.25) is 4.79 Å². The number of aliphatic carboxylic acids is 1. The predicted octanol–water partition coefficient (Wildman–Crippen LogP) is -0.407. The van der Waals surface area contributed by atoms with Gasteiger partial charge in [0.2, 0.25) is 5.03 Å². The summed E-state index contributed by atoms with van der Waals surface area (Å²) in [6, 6.07) is -1.17. The lowest BCUT2D eigenvalue weighted by Crippen LogP contribution is -2.41. The van der Waals surface area contributed by atoms with Crippen molar-refractivity contribution in [2.45, 2.75) is 31.3 Å². The summed E-state index contributed by atoms with van der Waals surface area (Å²) in [6.45, 7) is 3.62. The number of sulfonamides is 1. The van der Waals surface area contributed by atoms with Crippen LogP contribution in [0.3, 0.4) is 0 Å². The standard InChI is InChI=1S/C9H16N4O4S/c1-6(2)4-7(9(14)15)12-18(16,17)8-5-10-13(3)11-8/h5-7,12H,4H2,1-3H3,(H,14,15)/t7-/m0/s1. The third kappa shape index (κ3) is 3.77. The van der Waals surface area contributed by atoms with Gasteiger partial charge in [0.15, 0.2) is 0 Å². The molecule has 18 heavy (non-hydrogen) atoms. The molecule has 1 rings (SSSR count). The molecule has 8 nitrogen and oxygen atoms in total. The van der Waals surface area contributed by atoms with Crippen molar-refractivity contribution in [1.29, 1.82) is 0 Å². The van der Waals surface area contributed by atoms with Crippen LogP contribution in [0.15, 0.2) is 11.2 Å². The number of nitrogens with one attached hydrogen (secondary N) is 1. The van der Waals surface area contributed by atoms with Gasteiger partial charge < -0.3 is 5.11 Å². The average molecular weight is 276 g/mol. The zero-order chi connectivity index (χ0) is 13.9. The van der Waals surface area contributed by atoms with Gasteiger partial charge in [0.25, 0.3) is 10.0 Å². The van der Waals surface area contributed by atoms with E-state index in [-0.39, 0.29) is 17.4 Å². The molecule has 0 spiro atoms. The van der Waals surface area contributed by atoms with Gasteiger partial charge in [0.05, 0.1) is 6.20 Å². The van der Waals surface area contributed by atoms with Crippen molar-refractivity contribution >= 4 is 16.0 Å². The Kier molecular flexibility index (Phi) is 4.41. The van der Waals surface area contributed by atoms with Crippen molar-refractivity contribution in [3.63, 3.8) is 0 Å². The Morgan fingerprint density at radius 1 is 1.56 bits per heavy atom. The lowest BCUT2D eigenvalue weighted by molar-refractivity contribution is -0.139. The van der Waals surface area contributed by atoms with Crippen LogP contribution in [0.25, 0.3) is 0 Å². The highest BCUT2D eigenvalue weighted by Crippen LogP contribution is 2.09. The molecule has 0 aromatic carbocycles. The van der Waals surface area contributed by atoms with Crippen molar-refractivity contribution in [3.05, 3.63) is 6.20 Å². The van der Waals surface area contributed by atoms with E-state index in [4.69, 9.17) is 5.11 Å². The Morgan fingerprint density at radius 3 is 2.56 bits per heavy atom. The van der Waals surface area contributed by atoms with Gasteiger partial charge in [-0.2, -0.15) is 14.6 Å². The van der Waals surface area contributed by atoms with Crippen LogP contribution in [0.2, 0.25) is 0 Å². The second-order valence-electron chi connectivity index (χ2n) is 4.31. The van der Waals surface area contributed by atoms with Gasteiger partial charge >= 0.3 is 5.97 Å². The van der Waals surface area contributed by atoms with E-state index in [1.165, 1.54) is 7.05 Å². The highest BCUT2D eigenvalue weighted by atomic mass is 32.2. The summed E-state index contributed by atoms with van der Waals surface area (Å²) >= 11 is 0. The lowest BCUT2D eigenvalue weighted by Gasteiger charge is -2.15. The highest BCUT2D eigenvalue weighted by molar-refractivity contribution is 7.89. The van der Waals surface area contributed by atoms with Crippen molar-refractivity contribution in [1.82, 2.24) is 19.7 Å². The summed E-state index contributed by atoms with van der Waals surface area (Å²) in [5, 5.41) is 15.9. The Balaban J connectivity index is 2.89. The van der Waals surface area contributed by atoms with Crippen LogP contribution < -0.4 is 4.72 Å². The van der Waals surface area contributed by atoms with Crippen molar-refractivity contribution < 1.29 is 18.3 Å². The van der Waals surface area contributed by atoms with E-state index < -0.39 is 22.0 Å². The van der Waals surface area contributed by atoms with Crippen LogP contribution in [0, 0.1) is 5.92 Å². The number of carboxylic acids is 1. The first-order valence-corrected chi connectivity index (χ1v) is 6.82. The minimum absolute atomic E-state index is 0.0515. The molecule has 0 unspecified atom stereocenters. The molecule has 0 radical (unpaired) electrons. The number of carbonyl (C=O) groups is 1. The monoisotopic (exact) mass is 276 g/mol. The number of hydrogen-bond acceptors (Lipinski definition) is 5. The summed E-state index contributed by atoms with van der Waals surface area (Å²) in [5.41, 5.74) is 0. The molecule has 0 saturated heterocycles. The topological polar surface area (TPSA) is 114 Å². The third-order valence-corrected chi connectivity index (χ3v) is 3.49. The normalized spacial score (nSPS) is 13.8. The van der Waals surface area contributed by atoms with Gasteiger partial charge in [-0.25, -0.2) is 8.42 Å². The first kappa shape index (κ1) is 14.6. The number of aryl methyl sites for hydroxylation is 1. The fourth-order valence-corrected chi connectivity index (χ4v) is 2.47. The van der Waals surface area contributed by atoms with Gasteiger partial charge in [-0.1, -0.05) is 13.8 Å². The lowest BCUT2D eigenvalue weighted by atomic mass is 10.1. The predicted molar refractivity (Wildman–Crippen MR) is 62.2 cm³/mol. The first-order valence-electron chi connectivity index (χ1n) is 5.34. The van der Waals surface area contributed by atoms with Crippen molar-refractivity contribution in [2.75, 3.05) is 0 Å². The molecule has 0 aliphatic carbocycles. The maximum atomic E-state index is 11.9. The zero-order valence-electron chi connectivity index (χ0n) is 10.4. The second kappa shape index (κ2) is 5.44. The fraction of sp³-hybridized carbons (Fsp3) is 0.667. The van der Waals surface area contributed by atoms with Crippen LogP contribution in [-0.4, -0.2) is 40.5 Å². The molecule has 2 N–H and O–H groups in total. The van der Waals surface area contributed by atoms with E-state index in [0.717, 1.165) is 11.0 Å². The smallest absolute Gasteiger partial charge is 0.321 e. The molecule has 0 amide bonds. The molecule has 102 valence electrons. The number of carboxylic acid groups (broad SMARTS) is 1. The second-order valence-corrected chi connectivity index (χ2v) is 5.97. The van der Waals surface area contributed by atoms with E-state index in [1.54, 1.807) is 0 Å². The molecule has 0 aliphatic rings.